The Bertz CT molecular complexity index is 347. The van der Waals surface area contributed by atoms with E-state index in [1.54, 1.807) is 22.3 Å². The summed E-state index contributed by atoms with van der Waals surface area (Å²) in [5.41, 5.74) is 6.54. The Balaban J connectivity index is 3.02. The zero-order valence-electron chi connectivity index (χ0n) is 14.2. The molecule has 0 saturated carbocycles. The fourth-order valence-electron chi connectivity index (χ4n) is 3.03. The molecule has 0 aliphatic heterocycles. The summed E-state index contributed by atoms with van der Waals surface area (Å²) in [6, 6.07) is 5.03. The maximum absolute atomic E-state index is 2.51. The predicted molar refractivity (Wildman–Crippen MR) is 91.7 cm³/mol. The smallest absolute Gasteiger partial charge is 0.0276 e. The molecule has 1 rings (SSSR count). The lowest BCUT2D eigenvalue weighted by Crippen LogP contribution is -2.03. The molecule has 0 heterocycles. The molecule has 0 nitrogen and oxygen atoms in total. The number of rotatable bonds is 10. The van der Waals surface area contributed by atoms with Crippen LogP contribution >= 0.6 is 0 Å². The van der Waals surface area contributed by atoms with Crippen LogP contribution in [-0.2, 0) is 25.7 Å². The predicted octanol–water partition coefficient (Wildman–Crippen LogP) is 6.28. The molecule has 114 valence electrons. The second kappa shape index (κ2) is 10.0. The van der Waals surface area contributed by atoms with Gasteiger partial charge in [0.1, 0.15) is 0 Å². The Morgan fingerprint density at radius 2 is 1.10 bits per heavy atom. The Morgan fingerprint density at radius 1 is 0.650 bits per heavy atom. The molecule has 20 heavy (non-hydrogen) atoms. The molecule has 0 aliphatic carbocycles. The molecule has 0 bridgehead atoms. The molecule has 0 aliphatic rings. The molecule has 0 aromatic heterocycles. The molecule has 1 aromatic rings. The van der Waals surface area contributed by atoms with Gasteiger partial charge in [-0.25, -0.2) is 0 Å². The van der Waals surface area contributed by atoms with Crippen LogP contribution in [0.5, 0.6) is 0 Å². The van der Waals surface area contributed by atoms with Gasteiger partial charge in [0.15, 0.2) is 0 Å². The standard InChI is InChI=1S/C20H34/c1-5-9-12-17-15-18(13-10-6-2)20(8-4)19(16-17)14-11-7-3/h15-16H,5-14H2,1-4H3. The van der Waals surface area contributed by atoms with E-state index in [-0.39, 0.29) is 0 Å². The molecule has 0 N–H and O–H groups in total. The minimum absolute atomic E-state index is 1.20. The van der Waals surface area contributed by atoms with E-state index in [1.807, 2.05) is 0 Å². The van der Waals surface area contributed by atoms with Gasteiger partial charge in [0.2, 0.25) is 0 Å². The van der Waals surface area contributed by atoms with Crippen molar-refractivity contribution in [3.8, 4) is 0 Å². The maximum Gasteiger partial charge on any atom is -0.0276 e. The quantitative estimate of drug-likeness (QED) is 0.471. The fraction of sp³-hybridized carbons (Fsp3) is 0.700. The lowest BCUT2D eigenvalue weighted by Gasteiger charge is -2.16. The summed E-state index contributed by atoms with van der Waals surface area (Å²) in [4.78, 5) is 0. The molecular formula is C20H34. The largest absolute Gasteiger partial charge is 0.0654 e. The van der Waals surface area contributed by atoms with E-state index in [4.69, 9.17) is 0 Å². The molecule has 0 heteroatoms. The summed E-state index contributed by atoms with van der Waals surface area (Å²) >= 11 is 0. The SMILES string of the molecule is CCCCc1cc(CCCC)c(CC)c(CCCC)c1. The summed E-state index contributed by atoms with van der Waals surface area (Å²) in [5.74, 6) is 0. The number of hydrogen-bond donors (Lipinski definition) is 0. The van der Waals surface area contributed by atoms with Gasteiger partial charge in [-0.05, 0) is 67.2 Å². The zero-order valence-corrected chi connectivity index (χ0v) is 14.2. The first kappa shape index (κ1) is 17.3. The van der Waals surface area contributed by atoms with Gasteiger partial charge in [-0.2, -0.15) is 0 Å². The van der Waals surface area contributed by atoms with E-state index in [0.717, 1.165) is 0 Å². The van der Waals surface area contributed by atoms with Crippen molar-refractivity contribution in [1.82, 2.24) is 0 Å². The minimum Gasteiger partial charge on any atom is -0.0654 e. The van der Waals surface area contributed by atoms with E-state index in [2.05, 4.69) is 39.8 Å². The van der Waals surface area contributed by atoms with Crippen LogP contribution in [0, 0.1) is 0 Å². The summed E-state index contributed by atoms with van der Waals surface area (Å²) in [7, 11) is 0. The third-order valence-electron chi connectivity index (χ3n) is 4.27. The summed E-state index contributed by atoms with van der Waals surface area (Å²) in [6.07, 6.45) is 12.9. The molecule has 0 fully saturated rings. The van der Waals surface area contributed by atoms with Crippen molar-refractivity contribution in [3.63, 3.8) is 0 Å². The van der Waals surface area contributed by atoms with E-state index in [9.17, 15) is 0 Å². The number of unbranched alkanes of at least 4 members (excludes halogenated alkanes) is 3. The first-order valence-corrected chi connectivity index (χ1v) is 8.90. The lowest BCUT2D eigenvalue weighted by atomic mass is 9.89. The molecule has 0 saturated heterocycles. The summed E-state index contributed by atoms with van der Waals surface area (Å²) in [6.45, 7) is 9.21. The number of aryl methyl sites for hydroxylation is 3. The van der Waals surface area contributed by atoms with E-state index in [0.29, 0.717) is 0 Å². The second-order valence-corrected chi connectivity index (χ2v) is 6.06. The van der Waals surface area contributed by atoms with Gasteiger partial charge >= 0.3 is 0 Å². The van der Waals surface area contributed by atoms with Gasteiger partial charge in [0, 0.05) is 0 Å². The molecule has 0 radical (unpaired) electrons. The van der Waals surface area contributed by atoms with E-state index < -0.39 is 0 Å². The zero-order chi connectivity index (χ0) is 14.8. The van der Waals surface area contributed by atoms with Gasteiger partial charge in [-0.1, -0.05) is 59.1 Å². The van der Waals surface area contributed by atoms with Crippen LogP contribution in [0.4, 0.5) is 0 Å². The first-order valence-electron chi connectivity index (χ1n) is 8.90. The van der Waals surface area contributed by atoms with Gasteiger partial charge in [0.25, 0.3) is 0 Å². The van der Waals surface area contributed by atoms with Crippen molar-refractivity contribution < 1.29 is 0 Å². The highest BCUT2D eigenvalue weighted by atomic mass is 14.1. The minimum atomic E-state index is 1.20. The van der Waals surface area contributed by atoms with Gasteiger partial charge < -0.3 is 0 Å². The van der Waals surface area contributed by atoms with Crippen molar-refractivity contribution in [2.24, 2.45) is 0 Å². The Labute approximate surface area is 127 Å². The lowest BCUT2D eigenvalue weighted by molar-refractivity contribution is 0.753. The molecule has 0 unspecified atom stereocenters. The van der Waals surface area contributed by atoms with Gasteiger partial charge in [-0.15, -0.1) is 0 Å². The van der Waals surface area contributed by atoms with Crippen LogP contribution in [0.3, 0.4) is 0 Å². The monoisotopic (exact) mass is 274 g/mol. The number of benzene rings is 1. The normalized spacial score (nSPS) is 11.0. The topological polar surface area (TPSA) is 0 Å². The van der Waals surface area contributed by atoms with Crippen molar-refractivity contribution in [3.05, 3.63) is 34.4 Å². The molecule has 0 amide bonds. The van der Waals surface area contributed by atoms with Crippen LogP contribution < -0.4 is 0 Å². The van der Waals surface area contributed by atoms with E-state index in [1.165, 1.54) is 64.2 Å². The van der Waals surface area contributed by atoms with E-state index >= 15 is 0 Å². The highest BCUT2D eigenvalue weighted by Crippen LogP contribution is 2.23. The highest BCUT2D eigenvalue weighted by molar-refractivity contribution is 5.40. The molecule has 0 atom stereocenters. The van der Waals surface area contributed by atoms with Crippen LogP contribution in [0.1, 0.15) is 88.5 Å². The van der Waals surface area contributed by atoms with Gasteiger partial charge in [-0.3, -0.25) is 0 Å². The Kier molecular flexibility index (Phi) is 8.65. The fourth-order valence-corrected chi connectivity index (χ4v) is 3.03. The molecule has 1 aromatic carbocycles. The van der Waals surface area contributed by atoms with Crippen LogP contribution in [0.2, 0.25) is 0 Å². The van der Waals surface area contributed by atoms with Crippen molar-refractivity contribution in [2.75, 3.05) is 0 Å². The molecular weight excluding hydrogens is 240 g/mol. The third kappa shape index (κ3) is 5.31. The van der Waals surface area contributed by atoms with Crippen LogP contribution in [-0.4, -0.2) is 0 Å². The Hall–Kier alpha value is -0.780. The second-order valence-electron chi connectivity index (χ2n) is 6.06. The third-order valence-corrected chi connectivity index (χ3v) is 4.27. The first-order chi connectivity index (χ1) is 9.76. The average molecular weight is 274 g/mol. The van der Waals surface area contributed by atoms with Crippen molar-refractivity contribution in [2.45, 2.75) is 91.9 Å². The van der Waals surface area contributed by atoms with Crippen LogP contribution in [0.15, 0.2) is 12.1 Å². The summed E-state index contributed by atoms with van der Waals surface area (Å²) in [5, 5.41) is 0. The summed E-state index contributed by atoms with van der Waals surface area (Å²) < 4.78 is 0. The molecule has 0 spiro atoms. The van der Waals surface area contributed by atoms with Gasteiger partial charge in [0.05, 0.1) is 0 Å². The number of hydrogen-bond acceptors (Lipinski definition) is 0. The Morgan fingerprint density at radius 3 is 1.50 bits per heavy atom. The van der Waals surface area contributed by atoms with Crippen molar-refractivity contribution in [1.29, 1.82) is 0 Å². The highest BCUT2D eigenvalue weighted by Gasteiger charge is 2.09. The van der Waals surface area contributed by atoms with Crippen molar-refractivity contribution >= 4 is 0 Å². The van der Waals surface area contributed by atoms with Crippen LogP contribution in [0.25, 0.3) is 0 Å². The average Bonchev–Trinajstić information content (AvgIpc) is 2.48. The maximum atomic E-state index is 2.51.